The van der Waals surface area contributed by atoms with Crippen LogP contribution < -0.4 is 5.73 Å². The maximum Gasteiger partial charge on any atom is 0.472 e. The van der Waals surface area contributed by atoms with E-state index in [-0.39, 0.29) is 36.0 Å². The van der Waals surface area contributed by atoms with Crippen molar-refractivity contribution in [2.75, 3.05) is 19.7 Å². The smallest absolute Gasteiger partial charge is 0.472 e. The van der Waals surface area contributed by atoms with E-state index in [1.807, 2.05) is 0 Å². The fourth-order valence-electron chi connectivity index (χ4n) is 3.37. The van der Waals surface area contributed by atoms with Gasteiger partial charge in [-0.2, -0.15) is 0 Å². The van der Waals surface area contributed by atoms with Crippen molar-refractivity contribution in [1.29, 1.82) is 0 Å². The molecule has 0 aliphatic heterocycles. The van der Waals surface area contributed by atoms with E-state index in [2.05, 4.69) is 20.7 Å². The number of aliphatic carboxylic acids is 1. The van der Waals surface area contributed by atoms with E-state index in [1.165, 1.54) is 64.2 Å². The van der Waals surface area contributed by atoms with Gasteiger partial charge in [0, 0.05) is 36.0 Å². The number of carbonyl (C=O) groups is 2. The molecule has 37 heavy (non-hydrogen) atoms. The van der Waals surface area contributed by atoms with Crippen molar-refractivity contribution in [2.24, 2.45) is 5.73 Å². The Balaban J connectivity index is 0. The van der Waals surface area contributed by atoms with Crippen molar-refractivity contribution in [3.8, 4) is 0 Å². The summed E-state index contributed by atoms with van der Waals surface area (Å²) in [5.74, 6) is -2.74. The fraction of sp³-hybridized carbons (Fsp3) is 0.920. The summed E-state index contributed by atoms with van der Waals surface area (Å²) in [6.07, 6.45) is 13.9. The van der Waals surface area contributed by atoms with Gasteiger partial charge in [0.2, 0.25) is 0 Å². The van der Waals surface area contributed by atoms with Crippen molar-refractivity contribution in [2.45, 2.75) is 128 Å². The van der Waals surface area contributed by atoms with Gasteiger partial charge in [-0.15, -0.1) is 0 Å². The third-order valence-corrected chi connectivity index (χ3v) is 6.29. The molecule has 0 aromatic heterocycles. The molecule has 10 nitrogen and oxygen atoms in total. The monoisotopic (exact) mass is 567 g/mol. The van der Waals surface area contributed by atoms with E-state index in [0.29, 0.717) is 12.8 Å². The number of aliphatic hydroxyl groups is 1. The molecule has 0 aliphatic rings. The Morgan fingerprint density at radius 3 is 1.73 bits per heavy atom. The van der Waals surface area contributed by atoms with Crippen LogP contribution in [0, 0.1) is 0 Å². The van der Waals surface area contributed by atoms with Gasteiger partial charge in [-0.1, -0.05) is 103 Å². The van der Waals surface area contributed by atoms with Crippen LogP contribution in [0.2, 0.25) is 0 Å². The molecule has 0 spiro atoms. The Morgan fingerprint density at radius 1 is 0.865 bits per heavy atom. The second kappa shape index (κ2) is 26.2. The maximum absolute atomic E-state index is 12.1. The number of hydrogen-bond acceptors (Lipinski definition) is 8. The number of nitrogens with two attached hydrogens (primary N) is 1. The minimum Gasteiger partial charge on any atom is -0.480 e. The van der Waals surface area contributed by atoms with Crippen LogP contribution in [0.25, 0.3) is 0 Å². The molecule has 0 rings (SSSR count). The Bertz CT molecular complexity index is 812. The van der Waals surface area contributed by atoms with Gasteiger partial charge >= 0.3 is 19.8 Å². The Kier molecular flexibility index (Phi) is 21.2. The van der Waals surface area contributed by atoms with Gasteiger partial charge in [0.05, 0.1) is 20.0 Å². The van der Waals surface area contributed by atoms with Crippen LogP contribution in [0.15, 0.2) is 0 Å². The maximum atomic E-state index is 12.1. The van der Waals surface area contributed by atoms with E-state index in [1.54, 1.807) is 0 Å². The zero-order valence-corrected chi connectivity index (χ0v) is 25.5. The van der Waals surface area contributed by atoms with Gasteiger partial charge in [0.1, 0.15) is 18.7 Å². The minimum absolute atomic E-state index is 0. The molecule has 1 unspecified atom stereocenters. The molecule has 0 saturated carbocycles. The first-order chi connectivity index (χ1) is 19.0. The Hall–Kier alpha value is -0.0300. The molecular weight excluding hydrogens is 512 g/mol. The Morgan fingerprint density at radius 2 is 1.30 bits per heavy atom. The summed E-state index contributed by atoms with van der Waals surface area (Å²) in [5.41, 5.74) is 5.11. The van der Waals surface area contributed by atoms with Crippen molar-refractivity contribution in [3.63, 3.8) is 0 Å². The number of phosphoric ester groups is 1. The number of rotatable bonds is 26. The predicted molar refractivity (Wildman–Crippen MR) is 144 cm³/mol. The SMILES string of the molecule is [2H]C([2H])(OC(=O)CCCCCCCCCCCCCCCCCC)[C@@]([2H])(O)C([2H])([2H])OP(=O)(O)OC[C@H](N)C(=O)O.[Na]. The third-order valence-electron chi connectivity index (χ3n) is 5.49. The molecule has 0 heterocycles. The number of phosphoric acid groups is 1. The van der Waals surface area contributed by atoms with E-state index < -0.39 is 51.6 Å². The number of carbonyl (C=O) groups excluding carboxylic acids is 1. The summed E-state index contributed by atoms with van der Waals surface area (Å²) >= 11 is 0. The summed E-state index contributed by atoms with van der Waals surface area (Å²) in [5, 5.41) is 18.8. The molecule has 0 saturated heterocycles. The number of carboxylic acid groups (broad SMARTS) is 1. The predicted octanol–water partition coefficient (Wildman–Crippen LogP) is 4.71. The van der Waals surface area contributed by atoms with Gasteiger partial charge in [-0.3, -0.25) is 18.6 Å². The first kappa shape index (κ1) is 29.9. The average molecular weight is 568 g/mol. The number of unbranched alkanes of at least 4 members (excludes halogenated alkanes) is 15. The van der Waals surface area contributed by atoms with E-state index in [4.69, 9.17) is 17.7 Å². The van der Waals surface area contributed by atoms with Crippen molar-refractivity contribution < 1.29 is 49.9 Å². The van der Waals surface area contributed by atoms with Crippen LogP contribution in [-0.4, -0.2) is 88.4 Å². The number of ether oxygens (including phenoxy) is 1. The largest absolute Gasteiger partial charge is 0.480 e. The molecule has 5 N–H and O–H groups in total. The molecule has 0 aromatic carbocycles. The minimum atomic E-state index is -5.46. The molecular formula is C25H50NNaO9P. The number of carboxylic acids is 1. The summed E-state index contributed by atoms with van der Waals surface area (Å²) in [7, 11) is -5.46. The third kappa shape index (κ3) is 27.3. The molecule has 215 valence electrons. The van der Waals surface area contributed by atoms with Gasteiger partial charge < -0.3 is 25.6 Å². The molecule has 0 aromatic rings. The van der Waals surface area contributed by atoms with Gasteiger partial charge in [-0.05, 0) is 6.42 Å². The summed E-state index contributed by atoms with van der Waals surface area (Å²) in [6.45, 7) is -6.50. The van der Waals surface area contributed by atoms with Crippen molar-refractivity contribution in [3.05, 3.63) is 0 Å². The summed E-state index contributed by atoms with van der Waals surface area (Å²) < 4.78 is 63.0. The van der Waals surface area contributed by atoms with Gasteiger partial charge in [0.15, 0.2) is 0 Å². The first-order valence-corrected chi connectivity index (χ1v) is 14.6. The van der Waals surface area contributed by atoms with Crippen LogP contribution in [0.4, 0.5) is 0 Å². The molecule has 12 heteroatoms. The van der Waals surface area contributed by atoms with Crippen LogP contribution in [-0.2, 0) is 27.9 Å². The second-order valence-electron chi connectivity index (χ2n) is 8.88. The van der Waals surface area contributed by atoms with E-state index in [9.17, 15) is 24.2 Å². The van der Waals surface area contributed by atoms with Crippen LogP contribution in [0.3, 0.4) is 0 Å². The topological polar surface area (TPSA) is 166 Å². The van der Waals surface area contributed by atoms with E-state index >= 15 is 0 Å². The summed E-state index contributed by atoms with van der Waals surface area (Å²) in [6, 6.07) is -1.77. The molecule has 1 radical (unpaired) electrons. The number of hydrogen-bond donors (Lipinski definition) is 4. The van der Waals surface area contributed by atoms with Gasteiger partial charge in [0.25, 0.3) is 0 Å². The van der Waals surface area contributed by atoms with Crippen molar-refractivity contribution in [1.82, 2.24) is 0 Å². The van der Waals surface area contributed by atoms with Crippen molar-refractivity contribution >= 4 is 49.3 Å². The first-order valence-electron chi connectivity index (χ1n) is 15.6. The molecule has 0 fully saturated rings. The van der Waals surface area contributed by atoms with Crippen LogP contribution >= 0.6 is 7.82 Å². The zero-order valence-electron chi connectivity index (χ0n) is 27.6. The summed E-state index contributed by atoms with van der Waals surface area (Å²) in [4.78, 5) is 32.4. The second-order valence-corrected chi connectivity index (χ2v) is 10.3. The van der Waals surface area contributed by atoms with E-state index in [0.717, 1.165) is 25.7 Å². The average Bonchev–Trinajstić information content (AvgIpc) is 2.85. The molecule has 3 atom stereocenters. The normalized spacial score (nSPS) is 18.0. The molecule has 0 bridgehead atoms. The van der Waals surface area contributed by atoms with Crippen LogP contribution in [0.1, 0.15) is 123 Å². The number of esters is 1. The zero-order chi connectivity index (χ0) is 31.6. The molecule has 0 aliphatic carbocycles. The Labute approximate surface area is 252 Å². The molecule has 0 amide bonds. The quantitative estimate of drug-likeness (QED) is 0.0498. The standard InChI is InChI=1S/C25H50NO9P.Na/c1-2-3-4-5-6-7-8-9-10-11-12-13-14-15-16-17-18-24(28)33-19-22(27)20-34-36(31,32)35-21-23(26)25(29)30;/h22-23,27H,2-21,26H2,1H3,(H,29,30)(H,31,32);/t22-,23+;/m1./s1/i19D2,20D2,22D;. The fourth-order valence-corrected chi connectivity index (χ4v) is 3.97. The van der Waals surface area contributed by atoms with Gasteiger partial charge in [-0.25, -0.2) is 4.57 Å². The van der Waals surface area contributed by atoms with Crippen LogP contribution in [0.5, 0.6) is 0 Å².